The molecule has 5 heteroatoms. The smallest absolute Gasteiger partial charge is 0.203 e. The fourth-order valence-electron chi connectivity index (χ4n) is 2.19. The molecule has 2 N–H and O–H groups in total. The van der Waals surface area contributed by atoms with Gasteiger partial charge in [-0.1, -0.05) is 0 Å². The van der Waals surface area contributed by atoms with E-state index in [1.807, 2.05) is 6.07 Å². The summed E-state index contributed by atoms with van der Waals surface area (Å²) >= 11 is 0. The molecule has 0 fully saturated rings. The summed E-state index contributed by atoms with van der Waals surface area (Å²) in [4.78, 5) is 0. The van der Waals surface area contributed by atoms with Crippen LogP contribution < -0.4 is 19.5 Å². The van der Waals surface area contributed by atoms with Gasteiger partial charge < -0.3 is 24.6 Å². The monoisotopic (exact) mass is 239 g/mol. The number of fused-ring (bicyclic) bond motifs is 1. The predicted octanol–water partition coefficient (Wildman–Crippen LogP) is 0.849. The van der Waals surface area contributed by atoms with Gasteiger partial charge in [0.05, 0.1) is 27.4 Å². The second kappa shape index (κ2) is 4.81. The SMILES string of the molecule is COc1cc2c(c(OC)c1OC)[C@@H](O)CNC2. The van der Waals surface area contributed by atoms with Gasteiger partial charge in [-0.3, -0.25) is 0 Å². The Morgan fingerprint density at radius 2 is 1.88 bits per heavy atom. The summed E-state index contributed by atoms with van der Waals surface area (Å²) in [5.41, 5.74) is 1.75. The van der Waals surface area contributed by atoms with Gasteiger partial charge in [-0.25, -0.2) is 0 Å². The number of aliphatic hydroxyl groups is 1. The first-order chi connectivity index (χ1) is 8.22. The van der Waals surface area contributed by atoms with Crippen molar-refractivity contribution in [2.24, 2.45) is 0 Å². The Morgan fingerprint density at radius 1 is 1.18 bits per heavy atom. The van der Waals surface area contributed by atoms with E-state index in [1.54, 1.807) is 21.3 Å². The van der Waals surface area contributed by atoms with Crippen LogP contribution in [-0.4, -0.2) is 33.0 Å². The lowest BCUT2D eigenvalue weighted by atomic mass is 9.96. The molecule has 0 amide bonds. The summed E-state index contributed by atoms with van der Waals surface area (Å²) in [6.07, 6.45) is -0.589. The summed E-state index contributed by atoms with van der Waals surface area (Å²) in [6.45, 7) is 1.20. The standard InChI is InChI=1S/C12H17NO4/c1-15-9-4-7-5-13-6-8(14)10(7)12(17-3)11(9)16-2/h4,8,13-14H,5-6H2,1-3H3/t8-/m0/s1. The van der Waals surface area contributed by atoms with E-state index in [4.69, 9.17) is 14.2 Å². The van der Waals surface area contributed by atoms with Crippen molar-refractivity contribution in [1.29, 1.82) is 0 Å². The Labute approximate surface area is 100 Å². The van der Waals surface area contributed by atoms with Crippen molar-refractivity contribution in [3.63, 3.8) is 0 Å². The van der Waals surface area contributed by atoms with E-state index in [0.717, 1.165) is 11.1 Å². The Hall–Kier alpha value is -1.46. The maximum atomic E-state index is 10.0. The fraction of sp³-hybridized carbons (Fsp3) is 0.500. The number of ether oxygens (including phenoxy) is 3. The van der Waals surface area contributed by atoms with Crippen LogP contribution in [-0.2, 0) is 6.54 Å². The predicted molar refractivity (Wildman–Crippen MR) is 62.8 cm³/mol. The van der Waals surface area contributed by atoms with Crippen LogP contribution in [0.1, 0.15) is 17.2 Å². The maximum absolute atomic E-state index is 10.0. The second-order valence-electron chi connectivity index (χ2n) is 3.86. The van der Waals surface area contributed by atoms with E-state index >= 15 is 0 Å². The zero-order valence-electron chi connectivity index (χ0n) is 10.2. The van der Waals surface area contributed by atoms with E-state index in [0.29, 0.717) is 30.3 Å². The molecule has 0 saturated heterocycles. The number of hydrogen-bond acceptors (Lipinski definition) is 5. The van der Waals surface area contributed by atoms with Gasteiger partial charge in [-0.05, 0) is 11.6 Å². The van der Waals surface area contributed by atoms with Crippen LogP contribution in [0, 0.1) is 0 Å². The van der Waals surface area contributed by atoms with Crippen LogP contribution >= 0.6 is 0 Å². The van der Waals surface area contributed by atoms with Crippen LogP contribution in [0.5, 0.6) is 17.2 Å². The summed E-state index contributed by atoms with van der Waals surface area (Å²) in [5, 5.41) is 13.1. The average molecular weight is 239 g/mol. The molecule has 0 bridgehead atoms. The highest BCUT2D eigenvalue weighted by Crippen LogP contribution is 2.45. The second-order valence-corrected chi connectivity index (χ2v) is 3.86. The highest BCUT2D eigenvalue weighted by atomic mass is 16.5. The van der Waals surface area contributed by atoms with Crippen LogP contribution in [0.15, 0.2) is 6.07 Å². The van der Waals surface area contributed by atoms with E-state index in [2.05, 4.69) is 5.32 Å². The van der Waals surface area contributed by atoms with Crippen LogP contribution in [0.3, 0.4) is 0 Å². The van der Waals surface area contributed by atoms with Crippen molar-refractivity contribution in [2.75, 3.05) is 27.9 Å². The number of hydrogen-bond donors (Lipinski definition) is 2. The molecule has 17 heavy (non-hydrogen) atoms. The van der Waals surface area contributed by atoms with Crippen molar-refractivity contribution in [3.8, 4) is 17.2 Å². The molecule has 0 radical (unpaired) electrons. The molecular weight excluding hydrogens is 222 g/mol. The molecule has 0 spiro atoms. The largest absolute Gasteiger partial charge is 0.493 e. The van der Waals surface area contributed by atoms with Crippen molar-refractivity contribution in [1.82, 2.24) is 5.32 Å². The van der Waals surface area contributed by atoms with Gasteiger partial charge >= 0.3 is 0 Å². The van der Waals surface area contributed by atoms with Gasteiger partial charge in [0.25, 0.3) is 0 Å². The first-order valence-electron chi connectivity index (χ1n) is 5.43. The highest BCUT2D eigenvalue weighted by molar-refractivity contribution is 5.60. The number of nitrogens with one attached hydrogen (secondary N) is 1. The molecule has 0 aliphatic carbocycles. The zero-order valence-corrected chi connectivity index (χ0v) is 10.2. The molecule has 2 rings (SSSR count). The Kier molecular flexibility index (Phi) is 3.40. The average Bonchev–Trinajstić information content (AvgIpc) is 2.36. The van der Waals surface area contributed by atoms with Gasteiger partial charge in [-0.15, -0.1) is 0 Å². The van der Waals surface area contributed by atoms with E-state index in [9.17, 15) is 5.11 Å². The number of benzene rings is 1. The van der Waals surface area contributed by atoms with Gasteiger partial charge in [-0.2, -0.15) is 0 Å². The third-order valence-corrected chi connectivity index (χ3v) is 2.94. The van der Waals surface area contributed by atoms with Crippen LogP contribution in [0.2, 0.25) is 0 Å². The molecule has 1 atom stereocenters. The maximum Gasteiger partial charge on any atom is 0.203 e. The van der Waals surface area contributed by atoms with Gasteiger partial charge in [0.15, 0.2) is 11.5 Å². The van der Waals surface area contributed by atoms with Crippen molar-refractivity contribution < 1.29 is 19.3 Å². The first kappa shape index (κ1) is 12.0. The normalized spacial score (nSPS) is 18.5. The number of aliphatic hydroxyl groups excluding tert-OH is 1. The Morgan fingerprint density at radius 3 is 2.47 bits per heavy atom. The molecule has 1 aromatic carbocycles. The number of methoxy groups -OCH3 is 3. The van der Waals surface area contributed by atoms with Gasteiger partial charge in [0.2, 0.25) is 5.75 Å². The number of β-amino-alcohol motifs (C(OH)–C–C–N with tert-alkyl or cyclic N) is 1. The molecule has 1 heterocycles. The van der Waals surface area contributed by atoms with Crippen molar-refractivity contribution in [2.45, 2.75) is 12.6 Å². The fourth-order valence-corrected chi connectivity index (χ4v) is 2.19. The molecule has 94 valence electrons. The third-order valence-electron chi connectivity index (χ3n) is 2.94. The van der Waals surface area contributed by atoms with Gasteiger partial charge in [0.1, 0.15) is 0 Å². The van der Waals surface area contributed by atoms with Crippen molar-refractivity contribution >= 4 is 0 Å². The van der Waals surface area contributed by atoms with Crippen LogP contribution in [0.25, 0.3) is 0 Å². The minimum atomic E-state index is -0.589. The summed E-state index contributed by atoms with van der Waals surface area (Å²) < 4.78 is 15.9. The minimum Gasteiger partial charge on any atom is -0.493 e. The summed E-state index contributed by atoms with van der Waals surface area (Å²) in [7, 11) is 4.70. The highest BCUT2D eigenvalue weighted by Gasteiger charge is 2.27. The van der Waals surface area contributed by atoms with E-state index in [1.165, 1.54) is 0 Å². The molecule has 5 nitrogen and oxygen atoms in total. The first-order valence-corrected chi connectivity index (χ1v) is 5.43. The van der Waals surface area contributed by atoms with Crippen molar-refractivity contribution in [3.05, 3.63) is 17.2 Å². The lowest BCUT2D eigenvalue weighted by Crippen LogP contribution is -2.28. The van der Waals surface area contributed by atoms with E-state index in [-0.39, 0.29) is 0 Å². The third kappa shape index (κ3) is 1.92. The topological polar surface area (TPSA) is 60.0 Å². The molecular formula is C12H17NO4. The quantitative estimate of drug-likeness (QED) is 0.819. The lowest BCUT2D eigenvalue weighted by Gasteiger charge is -2.26. The lowest BCUT2D eigenvalue weighted by molar-refractivity contribution is 0.159. The molecule has 0 saturated carbocycles. The number of rotatable bonds is 3. The molecule has 0 aromatic heterocycles. The Bertz CT molecular complexity index is 419. The Balaban J connectivity index is 2.65. The minimum absolute atomic E-state index is 0.513. The van der Waals surface area contributed by atoms with Gasteiger partial charge in [0, 0.05) is 18.7 Å². The molecule has 1 aliphatic heterocycles. The summed E-state index contributed by atoms with van der Waals surface area (Å²) in [6, 6.07) is 1.87. The molecule has 1 aliphatic rings. The zero-order chi connectivity index (χ0) is 12.4. The van der Waals surface area contributed by atoms with Crippen LogP contribution in [0.4, 0.5) is 0 Å². The summed E-state index contributed by atoms with van der Waals surface area (Å²) in [5.74, 6) is 1.68. The molecule has 1 aromatic rings. The van der Waals surface area contributed by atoms with E-state index < -0.39 is 6.10 Å². The molecule has 0 unspecified atom stereocenters.